The van der Waals surface area contributed by atoms with Crippen molar-refractivity contribution in [1.29, 1.82) is 0 Å². The molecule has 0 atom stereocenters. The third kappa shape index (κ3) is 4.87. The number of aryl methyl sites for hydroxylation is 3. The molecular formula is C35H25N3O2Pt. The first-order chi connectivity index (χ1) is 19.5. The zero-order valence-electron chi connectivity index (χ0n) is 22.7. The summed E-state index contributed by atoms with van der Waals surface area (Å²) in [5, 5.41) is 3.10. The number of fused-ring (bicyclic) bond motifs is 6. The number of rotatable bonds is 5. The number of hydrogen-bond donors (Lipinski definition) is 0. The summed E-state index contributed by atoms with van der Waals surface area (Å²) in [7, 11) is 0. The summed E-state index contributed by atoms with van der Waals surface area (Å²) in [4.78, 5) is 9.14. The normalized spacial score (nSPS) is 11.1. The second kappa shape index (κ2) is 10.8. The molecule has 4 aromatic carbocycles. The second-order valence-electron chi connectivity index (χ2n) is 9.96. The molecule has 0 unspecified atom stereocenters. The summed E-state index contributed by atoms with van der Waals surface area (Å²) in [6.45, 7) is 6.46. The number of nitrogens with zero attached hydrogens (tertiary/aromatic N) is 3. The first-order valence-electron chi connectivity index (χ1n) is 13.2. The van der Waals surface area contributed by atoms with Gasteiger partial charge in [0.05, 0.1) is 11.3 Å². The Balaban J connectivity index is 0.00000302. The minimum Gasteiger partial charge on any atom is -0.503 e. The molecule has 0 aliphatic rings. The Bertz CT molecular complexity index is 2030. The molecule has 0 aliphatic carbocycles. The number of benzene rings is 4. The van der Waals surface area contributed by atoms with Crippen molar-refractivity contribution < 1.29 is 30.5 Å². The van der Waals surface area contributed by atoms with Crippen molar-refractivity contribution in [1.82, 2.24) is 14.4 Å². The topological polar surface area (TPSA) is 48.7 Å². The second-order valence-corrected chi connectivity index (χ2v) is 9.96. The average Bonchev–Trinajstić information content (AvgIpc) is 3.38. The molecule has 6 heteroatoms. The minimum absolute atomic E-state index is 0. The Morgan fingerprint density at radius 2 is 1.41 bits per heavy atom. The van der Waals surface area contributed by atoms with E-state index in [0.29, 0.717) is 23.1 Å². The van der Waals surface area contributed by atoms with Crippen molar-refractivity contribution in [3.05, 3.63) is 126 Å². The van der Waals surface area contributed by atoms with Gasteiger partial charge in [0.2, 0.25) is 5.88 Å². The summed E-state index contributed by atoms with van der Waals surface area (Å²) >= 11 is 0. The predicted octanol–water partition coefficient (Wildman–Crippen LogP) is 8.81. The maximum atomic E-state index is 6.22. The fraction of sp³-hybridized carbons (Fsp3) is 0.0857. The van der Waals surface area contributed by atoms with Gasteiger partial charge in [-0.1, -0.05) is 64.9 Å². The van der Waals surface area contributed by atoms with E-state index in [1.54, 1.807) is 12.3 Å². The van der Waals surface area contributed by atoms with E-state index in [9.17, 15) is 0 Å². The summed E-state index contributed by atoms with van der Waals surface area (Å²) in [6, 6.07) is 34.6. The van der Waals surface area contributed by atoms with Crippen molar-refractivity contribution in [2.45, 2.75) is 20.8 Å². The van der Waals surface area contributed by atoms with Gasteiger partial charge in [-0.05, 0) is 49.4 Å². The van der Waals surface area contributed by atoms with E-state index < -0.39 is 0 Å². The van der Waals surface area contributed by atoms with Crippen molar-refractivity contribution in [2.75, 3.05) is 0 Å². The van der Waals surface area contributed by atoms with E-state index in [4.69, 9.17) is 14.5 Å². The van der Waals surface area contributed by atoms with Gasteiger partial charge in [-0.2, -0.15) is 6.07 Å². The number of para-hydroxylation sites is 1. The molecule has 41 heavy (non-hydrogen) atoms. The zero-order chi connectivity index (χ0) is 27.2. The molecule has 0 N–H and O–H groups in total. The van der Waals surface area contributed by atoms with Crippen LogP contribution in [0.15, 0.2) is 97.3 Å². The van der Waals surface area contributed by atoms with Crippen LogP contribution >= 0.6 is 0 Å². The molecule has 0 saturated heterocycles. The van der Waals surface area contributed by atoms with Crippen LogP contribution in [0.25, 0.3) is 38.6 Å². The molecular weight excluding hydrogens is 689 g/mol. The monoisotopic (exact) mass is 714 g/mol. The van der Waals surface area contributed by atoms with Crippen LogP contribution in [0.2, 0.25) is 0 Å². The Labute approximate surface area is 252 Å². The van der Waals surface area contributed by atoms with Gasteiger partial charge < -0.3 is 13.9 Å². The van der Waals surface area contributed by atoms with Gasteiger partial charge in [0.25, 0.3) is 0 Å². The first kappa shape index (κ1) is 26.7. The van der Waals surface area contributed by atoms with Gasteiger partial charge in [-0.25, -0.2) is 4.98 Å². The molecule has 0 bridgehead atoms. The van der Waals surface area contributed by atoms with Crippen LogP contribution in [0.1, 0.15) is 16.7 Å². The zero-order valence-corrected chi connectivity index (χ0v) is 25.0. The summed E-state index contributed by atoms with van der Waals surface area (Å²) < 4.78 is 14.3. The molecule has 202 valence electrons. The fourth-order valence-electron chi connectivity index (χ4n) is 5.55. The fourth-order valence-corrected chi connectivity index (χ4v) is 5.55. The van der Waals surface area contributed by atoms with Crippen LogP contribution in [0.4, 0.5) is 0 Å². The predicted molar refractivity (Wildman–Crippen MR) is 158 cm³/mol. The molecule has 0 aliphatic heterocycles. The Morgan fingerprint density at radius 3 is 2.20 bits per heavy atom. The van der Waals surface area contributed by atoms with E-state index in [2.05, 4.69) is 84.8 Å². The summed E-state index contributed by atoms with van der Waals surface area (Å²) in [5.74, 6) is 2.11. The van der Waals surface area contributed by atoms with Gasteiger partial charge in [-0.3, -0.25) is 4.98 Å². The minimum atomic E-state index is 0. The van der Waals surface area contributed by atoms with Gasteiger partial charge >= 0.3 is 21.1 Å². The Hall–Kier alpha value is -4.47. The Morgan fingerprint density at radius 1 is 0.683 bits per heavy atom. The number of ether oxygens (including phenoxy) is 2. The Kier molecular flexibility index (Phi) is 7.06. The molecule has 5 nitrogen and oxygen atoms in total. The molecule has 7 aromatic rings. The van der Waals surface area contributed by atoms with Crippen molar-refractivity contribution in [2.24, 2.45) is 0 Å². The van der Waals surface area contributed by atoms with E-state index in [1.165, 1.54) is 22.3 Å². The first-order valence-corrected chi connectivity index (χ1v) is 13.2. The van der Waals surface area contributed by atoms with Crippen molar-refractivity contribution in [3.63, 3.8) is 0 Å². The smallest absolute Gasteiger partial charge is 0.503 e. The SMILES string of the molecule is Cc1cc(C)c(-c2cnc3c4[c-]c(Oc5[c-]c(Oc6ccccn6)ccc5)ccc4c4ccccc4n23)c(C)c1.[Pt+2]. The number of aromatic nitrogens is 3. The van der Waals surface area contributed by atoms with Gasteiger partial charge in [0, 0.05) is 46.8 Å². The van der Waals surface area contributed by atoms with Crippen LogP contribution < -0.4 is 9.47 Å². The van der Waals surface area contributed by atoms with Crippen LogP contribution in [-0.4, -0.2) is 14.4 Å². The number of pyridine rings is 2. The molecule has 0 fully saturated rings. The van der Waals surface area contributed by atoms with E-state index in [0.717, 1.165) is 33.0 Å². The molecule has 0 amide bonds. The van der Waals surface area contributed by atoms with Gasteiger partial charge in [-0.15, -0.1) is 24.3 Å². The van der Waals surface area contributed by atoms with E-state index in [1.807, 2.05) is 42.6 Å². The standard InChI is InChI=1S/C35H25N3O2.Pt/c1-22-17-23(2)34(24(3)18-22)32-21-37-35-30-20-27(14-15-28(30)29-11-4-5-12-31(29)38(32)35)39-25-9-8-10-26(19-25)40-33-13-6-7-16-36-33;/h4-18,21H,1-3H3;/q-2;+2. The number of imidazole rings is 1. The molecule has 7 rings (SSSR count). The molecule has 0 spiro atoms. The maximum absolute atomic E-state index is 6.22. The van der Waals surface area contributed by atoms with Crippen molar-refractivity contribution >= 4 is 27.3 Å². The van der Waals surface area contributed by atoms with E-state index >= 15 is 0 Å². The van der Waals surface area contributed by atoms with Crippen LogP contribution in [0, 0.1) is 32.9 Å². The number of hydrogen-bond acceptors (Lipinski definition) is 4. The largest absolute Gasteiger partial charge is 2.00 e. The molecule has 3 aromatic heterocycles. The van der Waals surface area contributed by atoms with Crippen molar-refractivity contribution in [3.8, 4) is 34.4 Å². The quantitative estimate of drug-likeness (QED) is 0.132. The van der Waals surface area contributed by atoms with Crippen LogP contribution in [0.5, 0.6) is 23.1 Å². The van der Waals surface area contributed by atoms with Crippen LogP contribution in [0.3, 0.4) is 0 Å². The van der Waals surface area contributed by atoms with Gasteiger partial charge in [0.15, 0.2) is 0 Å². The molecule has 0 radical (unpaired) electrons. The van der Waals surface area contributed by atoms with E-state index in [-0.39, 0.29) is 21.1 Å². The van der Waals surface area contributed by atoms with Crippen LogP contribution in [-0.2, 0) is 21.1 Å². The summed E-state index contributed by atoms with van der Waals surface area (Å²) in [6.07, 6.45) is 3.66. The average molecular weight is 715 g/mol. The molecule has 0 saturated carbocycles. The third-order valence-electron chi connectivity index (χ3n) is 7.09. The van der Waals surface area contributed by atoms with Gasteiger partial charge in [0.1, 0.15) is 0 Å². The maximum Gasteiger partial charge on any atom is 2.00 e. The third-order valence-corrected chi connectivity index (χ3v) is 7.09. The molecule has 3 heterocycles. The summed E-state index contributed by atoms with van der Waals surface area (Å²) in [5.41, 5.74) is 7.92.